The first-order valence-corrected chi connectivity index (χ1v) is 8.90. The summed E-state index contributed by atoms with van der Waals surface area (Å²) < 4.78 is 11.2. The molecule has 3 heterocycles. The smallest absolute Gasteiger partial charge is 0.320 e. The number of para-hydroxylation sites is 2. The highest BCUT2D eigenvalue weighted by atomic mass is 16.5. The third-order valence-electron chi connectivity index (χ3n) is 4.29. The van der Waals surface area contributed by atoms with Gasteiger partial charge in [0, 0.05) is 18.6 Å². The Morgan fingerprint density at radius 2 is 1.79 bits per heavy atom. The normalized spacial score (nSPS) is 10.6. The van der Waals surface area contributed by atoms with Crippen LogP contribution in [0.4, 0.5) is 11.7 Å². The van der Waals surface area contributed by atoms with Crippen molar-refractivity contribution in [1.29, 1.82) is 0 Å². The van der Waals surface area contributed by atoms with Crippen molar-refractivity contribution in [3.63, 3.8) is 0 Å². The predicted octanol–water partition coefficient (Wildman–Crippen LogP) is 4.06. The van der Waals surface area contributed by atoms with Crippen molar-refractivity contribution >= 4 is 11.7 Å². The summed E-state index contributed by atoms with van der Waals surface area (Å²) in [6.07, 6.45) is 6.98. The fraction of sp³-hybridized carbons (Fsp3) is 0.143. The first-order valence-electron chi connectivity index (χ1n) is 8.90. The summed E-state index contributed by atoms with van der Waals surface area (Å²) in [5.74, 6) is 1.12. The van der Waals surface area contributed by atoms with Gasteiger partial charge in [0.05, 0.1) is 24.1 Å². The number of ether oxygens (including phenoxy) is 1. The van der Waals surface area contributed by atoms with Crippen LogP contribution in [0.2, 0.25) is 0 Å². The summed E-state index contributed by atoms with van der Waals surface area (Å²) in [6, 6.07) is 15.6. The largest absolute Gasteiger partial charge is 0.495 e. The molecule has 0 radical (unpaired) electrons. The van der Waals surface area contributed by atoms with Crippen molar-refractivity contribution in [2.45, 2.75) is 12.8 Å². The molecule has 4 rings (SSSR count). The zero-order valence-electron chi connectivity index (χ0n) is 15.4. The first kappa shape index (κ1) is 17.7. The van der Waals surface area contributed by atoms with Crippen LogP contribution in [0.1, 0.15) is 11.3 Å². The second-order valence-corrected chi connectivity index (χ2v) is 6.09. The van der Waals surface area contributed by atoms with E-state index in [1.807, 2.05) is 48.5 Å². The molecule has 0 spiro atoms. The van der Waals surface area contributed by atoms with Gasteiger partial charge in [-0.1, -0.05) is 17.2 Å². The van der Waals surface area contributed by atoms with E-state index in [0.717, 1.165) is 29.8 Å². The average molecular weight is 373 g/mol. The van der Waals surface area contributed by atoms with Crippen LogP contribution in [-0.2, 0) is 12.8 Å². The molecule has 0 aliphatic rings. The van der Waals surface area contributed by atoms with E-state index in [-0.39, 0.29) is 0 Å². The van der Waals surface area contributed by atoms with Crippen LogP contribution in [0.3, 0.4) is 0 Å². The molecule has 0 unspecified atom stereocenters. The monoisotopic (exact) mass is 373 g/mol. The van der Waals surface area contributed by atoms with E-state index in [1.54, 1.807) is 25.7 Å². The lowest BCUT2D eigenvalue weighted by atomic mass is 10.1. The van der Waals surface area contributed by atoms with Crippen LogP contribution in [0, 0.1) is 0 Å². The molecule has 0 atom stereocenters. The first-order chi connectivity index (χ1) is 13.8. The number of benzene rings is 1. The Hall–Kier alpha value is -3.74. The molecule has 1 N–H and O–H groups in total. The number of nitrogens with zero attached hydrogens (tertiary/aromatic N) is 4. The quantitative estimate of drug-likeness (QED) is 0.523. The molecule has 7 heteroatoms. The molecule has 3 aromatic heterocycles. The summed E-state index contributed by atoms with van der Waals surface area (Å²) in [6.45, 7) is 0. The molecular formula is C21H19N5O2. The summed E-state index contributed by atoms with van der Waals surface area (Å²) in [5, 5.41) is 11.4. The standard InChI is InChI=1S/C21H19N5O2/c1-27-19-7-3-2-6-18(19)24-21-26-25-20(28-21)16-5-4-12-23-17(16)9-8-15-10-13-22-14-11-15/h2-7,10-14H,8-9H2,1H3,(H,24,26). The molecule has 0 amide bonds. The molecule has 0 bridgehead atoms. The van der Waals surface area contributed by atoms with Gasteiger partial charge in [0.25, 0.3) is 5.89 Å². The van der Waals surface area contributed by atoms with Gasteiger partial charge in [0.1, 0.15) is 5.75 Å². The van der Waals surface area contributed by atoms with E-state index >= 15 is 0 Å². The minimum Gasteiger partial charge on any atom is -0.495 e. The Labute approximate surface area is 162 Å². The highest BCUT2D eigenvalue weighted by molar-refractivity contribution is 5.63. The zero-order valence-corrected chi connectivity index (χ0v) is 15.4. The van der Waals surface area contributed by atoms with E-state index in [2.05, 4.69) is 25.5 Å². The van der Waals surface area contributed by atoms with Crippen LogP contribution in [0.5, 0.6) is 5.75 Å². The molecule has 0 fully saturated rings. The van der Waals surface area contributed by atoms with Crippen LogP contribution < -0.4 is 10.1 Å². The second-order valence-electron chi connectivity index (χ2n) is 6.09. The van der Waals surface area contributed by atoms with Crippen LogP contribution in [-0.4, -0.2) is 27.3 Å². The fourth-order valence-electron chi connectivity index (χ4n) is 2.89. The van der Waals surface area contributed by atoms with E-state index in [1.165, 1.54) is 5.56 Å². The minimum atomic E-state index is 0.295. The Morgan fingerprint density at radius 3 is 2.64 bits per heavy atom. The second kappa shape index (κ2) is 8.30. The molecule has 0 saturated heterocycles. The molecule has 7 nitrogen and oxygen atoms in total. The van der Waals surface area contributed by atoms with Gasteiger partial charge < -0.3 is 14.5 Å². The highest BCUT2D eigenvalue weighted by Gasteiger charge is 2.14. The van der Waals surface area contributed by atoms with Gasteiger partial charge in [-0.25, -0.2) is 0 Å². The molecule has 4 aromatic rings. The highest BCUT2D eigenvalue weighted by Crippen LogP contribution is 2.29. The SMILES string of the molecule is COc1ccccc1Nc1nnc(-c2cccnc2CCc2ccncc2)o1. The summed E-state index contributed by atoms with van der Waals surface area (Å²) >= 11 is 0. The topological polar surface area (TPSA) is 86.0 Å². The van der Waals surface area contributed by atoms with E-state index in [4.69, 9.17) is 9.15 Å². The molecule has 28 heavy (non-hydrogen) atoms. The average Bonchev–Trinajstić information content (AvgIpc) is 3.22. The van der Waals surface area contributed by atoms with Gasteiger partial charge in [-0.3, -0.25) is 9.97 Å². The number of hydrogen-bond acceptors (Lipinski definition) is 7. The van der Waals surface area contributed by atoms with Crippen molar-refractivity contribution in [2.24, 2.45) is 0 Å². The molecule has 0 saturated carbocycles. The van der Waals surface area contributed by atoms with E-state index in [9.17, 15) is 0 Å². The van der Waals surface area contributed by atoms with Crippen LogP contribution in [0.25, 0.3) is 11.5 Å². The predicted molar refractivity (Wildman–Crippen MR) is 105 cm³/mol. The number of aromatic nitrogens is 4. The number of rotatable bonds is 7. The lowest BCUT2D eigenvalue weighted by molar-refractivity contribution is 0.416. The maximum Gasteiger partial charge on any atom is 0.320 e. The lowest BCUT2D eigenvalue weighted by Crippen LogP contribution is -1.97. The lowest BCUT2D eigenvalue weighted by Gasteiger charge is -2.07. The van der Waals surface area contributed by atoms with Gasteiger partial charge in [-0.15, -0.1) is 5.10 Å². The number of hydrogen-bond donors (Lipinski definition) is 1. The van der Waals surface area contributed by atoms with Gasteiger partial charge >= 0.3 is 6.01 Å². The number of nitrogens with one attached hydrogen (secondary N) is 1. The Morgan fingerprint density at radius 1 is 0.929 bits per heavy atom. The third-order valence-corrected chi connectivity index (χ3v) is 4.29. The molecular weight excluding hydrogens is 354 g/mol. The van der Waals surface area contributed by atoms with Crippen molar-refractivity contribution in [3.8, 4) is 17.2 Å². The fourth-order valence-corrected chi connectivity index (χ4v) is 2.89. The van der Waals surface area contributed by atoms with Crippen LogP contribution in [0.15, 0.2) is 71.5 Å². The summed E-state index contributed by atoms with van der Waals surface area (Å²) in [5.41, 5.74) is 3.70. The van der Waals surface area contributed by atoms with Gasteiger partial charge in [0.2, 0.25) is 0 Å². The van der Waals surface area contributed by atoms with Crippen molar-refractivity contribution < 1.29 is 9.15 Å². The molecule has 140 valence electrons. The van der Waals surface area contributed by atoms with Gasteiger partial charge in [0.15, 0.2) is 0 Å². The third kappa shape index (κ3) is 3.98. The number of pyridine rings is 2. The molecule has 1 aromatic carbocycles. The summed E-state index contributed by atoms with van der Waals surface area (Å²) in [7, 11) is 1.62. The zero-order chi connectivity index (χ0) is 19.2. The van der Waals surface area contributed by atoms with Crippen LogP contribution >= 0.6 is 0 Å². The van der Waals surface area contributed by atoms with Crippen molar-refractivity contribution in [3.05, 3.63) is 78.4 Å². The van der Waals surface area contributed by atoms with E-state index < -0.39 is 0 Å². The maximum absolute atomic E-state index is 5.83. The minimum absolute atomic E-state index is 0.295. The number of anilines is 2. The number of aryl methyl sites for hydroxylation is 2. The Kier molecular flexibility index (Phi) is 5.24. The maximum atomic E-state index is 5.83. The number of methoxy groups -OCH3 is 1. The molecule has 0 aliphatic carbocycles. The van der Waals surface area contributed by atoms with Crippen molar-refractivity contribution in [2.75, 3.05) is 12.4 Å². The van der Waals surface area contributed by atoms with Crippen molar-refractivity contribution in [1.82, 2.24) is 20.2 Å². The Balaban J connectivity index is 1.54. The Bertz CT molecular complexity index is 1050. The summed E-state index contributed by atoms with van der Waals surface area (Å²) in [4.78, 5) is 8.56. The molecule has 0 aliphatic heterocycles. The van der Waals surface area contributed by atoms with Gasteiger partial charge in [-0.05, 0) is 54.8 Å². The van der Waals surface area contributed by atoms with E-state index in [0.29, 0.717) is 17.7 Å². The van der Waals surface area contributed by atoms with Gasteiger partial charge in [-0.2, -0.15) is 0 Å².